The molecule has 1 aromatic heterocycles. The second kappa shape index (κ2) is 17.6. The summed E-state index contributed by atoms with van der Waals surface area (Å²) in [6.07, 6.45) is 0.150. The smallest absolute Gasteiger partial charge is 0.410 e. The summed E-state index contributed by atoms with van der Waals surface area (Å²) in [5.41, 5.74) is 6.40. The van der Waals surface area contributed by atoms with E-state index in [1.807, 2.05) is 20.8 Å². The second-order valence-corrected chi connectivity index (χ2v) is 13.0. The lowest BCUT2D eigenvalue weighted by molar-refractivity contribution is 0.0219. The molecule has 46 heavy (non-hydrogen) atoms. The van der Waals surface area contributed by atoms with E-state index < -0.39 is 5.60 Å². The van der Waals surface area contributed by atoms with E-state index in [0.29, 0.717) is 32.6 Å². The predicted octanol–water partition coefficient (Wildman–Crippen LogP) is 7.21. The number of aliphatic hydroxyl groups excluding tert-OH is 1. The quantitative estimate of drug-likeness (QED) is 0.142. The maximum absolute atomic E-state index is 13.0. The number of pyridine rings is 1. The van der Waals surface area contributed by atoms with Crippen molar-refractivity contribution in [1.82, 2.24) is 19.7 Å². The van der Waals surface area contributed by atoms with Gasteiger partial charge in [0, 0.05) is 59.0 Å². The molecule has 0 fully saturated rings. The lowest BCUT2D eigenvalue weighted by atomic mass is 10.1. The van der Waals surface area contributed by atoms with Gasteiger partial charge in [-0.3, -0.25) is 14.8 Å². The molecule has 0 unspecified atom stereocenters. The summed E-state index contributed by atoms with van der Waals surface area (Å²) in [4.78, 5) is 24.6. The first-order valence-corrected chi connectivity index (χ1v) is 16.3. The molecule has 0 spiro atoms. The Labute approximate surface area is 275 Å². The number of rotatable bonds is 16. The van der Waals surface area contributed by atoms with Crippen LogP contribution in [-0.2, 0) is 37.5 Å². The Bertz CT molecular complexity index is 1430. The molecule has 3 aromatic carbocycles. The van der Waals surface area contributed by atoms with Crippen molar-refractivity contribution >= 4 is 6.09 Å². The van der Waals surface area contributed by atoms with Crippen molar-refractivity contribution in [3.05, 3.63) is 137 Å². The molecule has 0 aliphatic rings. The SMILES string of the molecule is Cc1cccc(CN(CCN(CCCO)C(=O)OC(C)(C)C)Cc2cccc(CN(Cc3ccccc3)Cc3ccccc3)n2)c1. The third kappa shape index (κ3) is 12.4. The van der Waals surface area contributed by atoms with Gasteiger partial charge in [0.2, 0.25) is 0 Å². The maximum atomic E-state index is 13.0. The average Bonchev–Trinajstić information content (AvgIpc) is 3.01. The Morgan fingerprint density at radius 1 is 0.674 bits per heavy atom. The molecular formula is C39H50N4O3. The van der Waals surface area contributed by atoms with E-state index in [2.05, 4.69) is 120 Å². The van der Waals surface area contributed by atoms with E-state index in [1.54, 1.807) is 4.90 Å². The number of aliphatic hydroxyl groups is 1. The van der Waals surface area contributed by atoms with Gasteiger partial charge in [-0.05, 0) is 62.9 Å². The topological polar surface area (TPSA) is 69.1 Å². The molecule has 0 aliphatic heterocycles. The van der Waals surface area contributed by atoms with Crippen molar-refractivity contribution in [2.45, 2.75) is 72.4 Å². The van der Waals surface area contributed by atoms with Gasteiger partial charge in [0.25, 0.3) is 0 Å². The molecule has 0 saturated carbocycles. The van der Waals surface area contributed by atoms with Crippen LogP contribution in [0.4, 0.5) is 4.79 Å². The highest BCUT2D eigenvalue weighted by molar-refractivity contribution is 5.68. The zero-order chi connectivity index (χ0) is 32.8. The third-order valence-corrected chi connectivity index (χ3v) is 7.55. The molecule has 1 N–H and O–H groups in total. The van der Waals surface area contributed by atoms with Gasteiger partial charge < -0.3 is 14.7 Å². The molecular weight excluding hydrogens is 572 g/mol. The van der Waals surface area contributed by atoms with Crippen LogP contribution >= 0.6 is 0 Å². The molecule has 4 aromatic rings. The summed E-state index contributed by atoms with van der Waals surface area (Å²) >= 11 is 0. The van der Waals surface area contributed by atoms with Crippen LogP contribution in [0, 0.1) is 6.92 Å². The average molecular weight is 623 g/mol. The highest BCUT2D eigenvalue weighted by atomic mass is 16.6. The van der Waals surface area contributed by atoms with Gasteiger partial charge in [-0.2, -0.15) is 0 Å². The summed E-state index contributed by atoms with van der Waals surface area (Å²) in [5.74, 6) is 0. The van der Waals surface area contributed by atoms with E-state index in [-0.39, 0.29) is 12.7 Å². The molecule has 1 heterocycles. The predicted molar refractivity (Wildman–Crippen MR) is 185 cm³/mol. The monoisotopic (exact) mass is 622 g/mol. The Hall–Kier alpha value is -4.04. The van der Waals surface area contributed by atoms with Gasteiger partial charge in [-0.1, -0.05) is 96.6 Å². The lowest BCUT2D eigenvalue weighted by Crippen LogP contribution is -2.42. The fourth-order valence-corrected chi connectivity index (χ4v) is 5.44. The Morgan fingerprint density at radius 2 is 1.22 bits per heavy atom. The molecule has 0 bridgehead atoms. The molecule has 0 radical (unpaired) electrons. The maximum Gasteiger partial charge on any atom is 0.410 e. The lowest BCUT2D eigenvalue weighted by Gasteiger charge is -2.30. The molecule has 244 valence electrons. The third-order valence-electron chi connectivity index (χ3n) is 7.55. The van der Waals surface area contributed by atoms with Crippen LogP contribution in [0.5, 0.6) is 0 Å². The summed E-state index contributed by atoms with van der Waals surface area (Å²) in [7, 11) is 0. The van der Waals surface area contributed by atoms with Gasteiger partial charge in [-0.25, -0.2) is 4.79 Å². The van der Waals surface area contributed by atoms with Crippen LogP contribution in [0.2, 0.25) is 0 Å². The number of aromatic nitrogens is 1. The largest absolute Gasteiger partial charge is 0.444 e. The molecule has 4 rings (SSSR count). The number of amides is 1. The number of hydrogen-bond donors (Lipinski definition) is 1. The highest BCUT2D eigenvalue weighted by Crippen LogP contribution is 2.17. The minimum absolute atomic E-state index is 0.0224. The fourth-order valence-electron chi connectivity index (χ4n) is 5.44. The number of carbonyl (C=O) groups is 1. The zero-order valence-electron chi connectivity index (χ0n) is 27.9. The molecule has 7 heteroatoms. The van der Waals surface area contributed by atoms with Gasteiger partial charge in [0.15, 0.2) is 0 Å². The van der Waals surface area contributed by atoms with Crippen LogP contribution in [0.1, 0.15) is 60.8 Å². The van der Waals surface area contributed by atoms with Crippen molar-refractivity contribution in [2.24, 2.45) is 0 Å². The van der Waals surface area contributed by atoms with E-state index >= 15 is 0 Å². The Morgan fingerprint density at radius 3 is 1.78 bits per heavy atom. The van der Waals surface area contributed by atoms with E-state index in [9.17, 15) is 9.90 Å². The second-order valence-electron chi connectivity index (χ2n) is 13.0. The van der Waals surface area contributed by atoms with Crippen LogP contribution < -0.4 is 0 Å². The van der Waals surface area contributed by atoms with Gasteiger partial charge in [-0.15, -0.1) is 0 Å². The molecule has 0 saturated heterocycles. The number of carbonyl (C=O) groups excluding carboxylic acids is 1. The first-order chi connectivity index (χ1) is 22.2. The molecule has 7 nitrogen and oxygen atoms in total. The summed E-state index contributed by atoms with van der Waals surface area (Å²) in [6.45, 7) is 13.1. The number of hydrogen-bond acceptors (Lipinski definition) is 6. The molecule has 1 amide bonds. The Kier molecular flexibility index (Phi) is 13.3. The van der Waals surface area contributed by atoms with Crippen LogP contribution in [0.25, 0.3) is 0 Å². The number of nitrogens with zero attached hydrogens (tertiary/aromatic N) is 4. The summed E-state index contributed by atoms with van der Waals surface area (Å²) < 4.78 is 5.69. The van der Waals surface area contributed by atoms with Crippen molar-refractivity contribution in [3.63, 3.8) is 0 Å². The number of benzene rings is 3. The van der Waals surface area contributed by atoms with Crippen LogP contribution in [0.3, 0.4) is 0 Å². The van der Waals surface area contributed by atoms with Gasteiger partial charge >= 0.3 is 6.09 Å². The molecule has 0 atom stereocenters. The normalized spacial score (nSPS) is 11.6. The van der Waals surface area contributed by atoms with Crippen molar-refractivity contribution in [2.75, 3.05) is 26.2 Å². The van der Waals surface area contributed by atoms with Gasteiger partial charge in [0.1, 0.15) is 5.60 Å². The van der Waals surface area contributed by atoms with Crippen molar-refractivity contribution in [3.8, 4) is 0 Å². The minimum atomic E-state index is -0.588. The van der Waals surface area contributed by atoms with Gasteiger partial charge in [0.05, 0.1) is 11.4 Å². The Balaban J connectivity index is 1.51. The van der Waals surface area contributed by atoms with Crippen LogP contribution in [0.15, 0.2) is 103 Å². The van der Waals surface area contributed by atoms with Crippen molar-refractivity contribution in [1.29, 1.82) is 0 Å². The van der Waals surface area contributed by atoms with E-state index in [0.717, 1.165) is 37.6 Å². The summed E-state index contributed by atoms with van der Waals surface area (Å²) in [6, 6.07) is 36.0. The van der Waals surface area contributed by atoms with Crippen molar-refractivity contribution < 1.29 is 14.6 Å². The first-order valence-electron chi connectivity index (χ1n) is 16.3. The van der Waals surface area contributed by atoms with Crippen LogP contribution in [-0.4, -0.2) is 62.7 Å². The number of ether oxygens (including phenoxy) is 1. The zero-order valence-corrected chi connectivity index (χ0v) is 27.9. The highest BCUT2D eigenvalue weighted by Gasteiger charge is 2.23. The minimum Gasteiger partial charge on any atom is -0.444 e. The number of aryl methyl sites for hydroxylation is 1. The van der Waals surface area contributed by atoms with E-state index in [1.165, 1.54) is 22.3 Å². The fraction of sp³-hybridized carbons (Fsp3) is 0.385. The molecule has 0 aliphatic carbocycles. The first kappa shape index (κ1) is 34.8. The summed E-state index contributed by atoms with van der Waals surface area (Å²) in [5, 5.41) is 9.48. The standard InChI is InChI=1S/C39H50N4O3/c1-32-14-11-19-35(26-32)29-41(23-24-43(22-13-25-44)38(45)46-39(2,3)4)30-36-20-12-21-37(40-36)31-42(27-33-15-7-5-8-16-33)28-34-17-9-6-10-18-34/h5-12,14-21,26,44H,13,22-25,27-31H2,1-4H3. The van der Waals surface area contributed by atoms with E-state index in [4.69, 9.17) is 9.72 Å².